The number of hydrogen-bond donors (Lipinski definition) is 1. The maximum absolute atomic E-state index is 11.0. The van der Waals surface area contributed by atoms with Crippen LogP contribution in [0.4, 0.5) is 4.79 Å². The first-order chi connectivity index (χ1) is 11.1. The molecule has 0 saturated carbocycles. The molecule has 4 nitrogen and oxygen atoms in total. The van der Waals surface area contributed by atoms with Crippen molar-refractivity contribution < 1.29 is 19.4 Å². The molecule has 0 amide bonds. The molecule has 0 aromatic heterocycles. The Morgan fingerprint density at radius 1 is 1.09 bits per heavy atom. The minimum atomic E-state index is -1.33. The molecule has 0 heterocycles. The van der Waals surface area contributed by atoms with Crippen LogP contribution in [0.1, 0.15) is 37.8 Å². The Morgan fingerprint density at radius 2 is 1.74 bits per heavy atom. The molecule has 0 spiro atoms. The minimum Gasteiger partial charge on any atom is -0.449 e. The van der Waals surface area contributed by atoms with Crippen molar-refractivity contribution in [1.29, 1.82) is 0 Å². The second kappa shape index (κ2) is 7.79. The highest BCUT2D eigenvalue weighted by molar-refractivity contribution is 5.62. The first kappa shape index (κ1) is 17.0. The normalized spacial score (nSPS) is 13.3. The number of para-hydroxylation sites is 1. The lowest BCUT2D eigenvalue weighted by Gasteiger charge is -2.32. The largest absolute Gasteiger partial charge is 0.511 e. The van der Waals surface area contributed by atoms with Gasteiger partial charge in [0.05, 0.1) is 0 Å². The second-order valence-corrected chi connectivity index (χ2v) is 5.47. The van der Waals surface area contributed by atoms with E-state index in [-0.39, 0.29) is 0 Å². The molecule has 23 heavy (non-hydrogen) atoms. The fourth-order valence-electron chi connectivity index (χ4n) is 2.54. The zero-order chi connectivity index (χ0) is 16.7. The van der Waals surface area contributed by atoms with Crippen LogP contribution in [-0.2, 0) is 10.3 Å². The van der Waals surface area contributed by atoms with Gasteiger partial charge in [-0.15, -0.1) is 0 Å². The smallest absolute Gasteiger partial charge is 0.449 e. The lowest BCUT2D eigenvalue weighted by atomic mass is 9.87. The highest BCUT2D eigenvalue weighted by Gasteiger charge is 2.33. The Kier molecular flexibility index (Phi) is 5.77. The van der Waals surface area contributed by atoms with Crippen LogP contribution < -0.4 is 4.74 Å². The molecule has 1 N–H and O–H groups in total. The average Bonchev–Trinajstić information content (AvgIpc) is 2.56. The number of rotatable bonds is 7. The molecule has 2 aromatic rings. The topological polar surface area (TPSA) is 55.8 Å². The Labute approximate surface area is 136 Å². The lowest BCUT2D eigenvalue weighted by Crippen LogP contribution is -2.29. The van der Waals surface area contributed by atoms with Crippen LogP contribution in [0.3, 0.4) is 0 Å². The molecule has 1 atom stereocenters. The van der Waals surface area contributed by atoms with Crippen LogP contribution in [0.2, 0.25) is 0 Å². The molecule has 0 aliphatic rings. The van der Waals surface area contributed by atoms with Crippen molar-refractivity contribution in [2.45, 2.75) is 32.3 Å². The van der Waals surface area contributed by atoms with E-state index in [2.05, 4.69) is 6.92 Å². The number of ether oxygens (including phenoxy) is 2. The van der Waals surface area contributed by atoms with Crippen molar-refractivity contribution in [3.63, 3.8) is 0 Å². The van der Waals surface area contributed by atoms with E-state index in [1.165, 1.54) is 0 Å². The van der Waals surface area contributed by atoms with Crippen LogP contribution in [0.15, 0.2) is 54.6 Å². The summed E-state index contributed by atoms with van der Waals surface area (Å²) >= 11 is 0. The van der Waals surface area contributed by atoms with Crippen LogP contribution in [0, 0.1) is 0 Å². The first-order valence-corrected chi connectivity index (χ1v) is 7.77. The van der Waals surface area contributed by atoms with E-state index in [0.29, 0.717) is 17.9 Å². The summed E-state index contributed by atoms with van der Waals surface area (Å²) in [6.45, 7) is 4.63. The molecule has 4 heteroatoms. The fraction of sp³-hybridized carbons (Fsp3) is 0.316. The van der Waals surface area contributed by atoms with Gasteiger partial charge in [0.15, 0.2) is 0 Å². The molecule has 0 fully saturated rings. The van der Waals surface area contributed by atoms with Gasteiger partial charge in [0.1, 0.15) is 11.4 Å². The predicted molar refractivity (Wildman–Crippen MR) is 88.9 cm³/mol. The molecule has 2 rings (SSSR count). The highest BCUT2D eigenvalue weighted by atomic mass is 16.7. The maximum atomic E-state index is 11.0. The third-order valence-electron chi connectivity index (χ3n) is 3.81. The molecule has 2 aromatic carbocycles. The van der Waals surface area contributed by atoms with Gasteiger partial charge in [-0.3, -0.25) is 0 Å². The Bertz CT molecular complexity index is 639. The summed E-state index contributed by atoms with van der Waals surface area (Å²) in [6.07, 6.45) is 0.629. The van der Waals surface area contributed by atoms with E-state index in [4.69, 9.17) is 14.6 Å². The molecule has 122 valence electrons. The Morgan fingerprint density at radius 3 is 2.39 bits per heavy atom. The molecular formula is C19H22O4. The summed E-state index contributed by atoms with van der Waals surface area (Å²) < 4.78 is 11.1. The third-order valence-corrected chi connectivity index (χ3v) is 3.81. The Hall–Kier alpha value is -2.33. The van der Waals surface area contributed by atoms with Crippen LogP contribution >= 0.6 is 0 Å². The van der Waals surface area contributed by atoms with Gasteiger partial charge in [0.2, 0.25) is 0 Å². The van der Waals surface area contributed by atoms with E-state index in [9.17, 15) is 4.79 Å². The number of carboxylic acid groups (broad SMARTS) is 1. The van der Waals surface area contributed by atoms with Crippen molar-refractivity contribution in [1.82, 2.24) is 0 Å². The van der Waals surface area contributed by atoms with Gasteiger partial charge in [0, 0.05) is 12.2 Å². The Balaban J connectivity index is 2.47. The van der Waals surface area contributed by atoms with Gasteiger partial charge < -0.3 is 14.6 Å². The summed E-state index contributed by atoms with van der Waals surface area (Å²) in [6, 6.07) is 16.9. The van der Waals surface area contributed by atoms with Gasteiger partial charge >= 0.3 is 6.16 Å². The van der Waals surface area contributed by atoms with Gasteiger partial charge in [-0.25, -0.2) is 4.79 Å². The number of hydrogen-bond acceptors (Lipinski definition) is 3. The minimum absolute atomic E-state index is 0.294. The van der Waals surface area contributed by atoms with Gasteiger partial charge in [-0.2, -0.15) is 0 Å². The van der Waals surface area contributed by atoms with Crippen LogP contribution in [-0.4, -0.2) is 17.9 Å². The zero-order valence-electron chi connectivity index (χ0n) is 13.5. The SMILES string of the molecule is CCCCOC(C)(c1ccccc1)c1ccccc1OC(=O)O. The number of unbranched alkanes of at least 4 members (excludes halogenated alkanes) is 1. The third kappa shape index (κ3) is 4.11. The molecule has 0 radical (unpaired) electrons. The highest BCUT2D eigenvalue weighted by Crippen LogP contribution is 2.38. The number of carbonyl (C=O) groups is 1. The van der Waals surface area contributed by atoms with E-state index in [1.54, 1.807) is 12.1 Å². The van der Waals surface area contributed by atoms with Gasteiger partial charge in [-0.05, 0) is 25.0 Å². The van der Waals surface area contributed by atoms with Crippen molar-refractivity contribution in [3.05, 3.63) is 65.7 Å². The van der Waals surface area contributed by atoms with Crippen LogP contribution in [0.25, 0.3) is 0 Å². The van der Waals surface area contributed by atoms with Crippen molar-refractivity contribution in [2.24, 2.45) is 0 Å². The van der Waals surface area contributed by atoms with E-state index in [1.807, 2.05) is 49.4 Å². The standard InChI is InChI=1S/C19H22O4/c1-3-4-14-22-19(2,15-10-6-5-7-11-15)16-12-8-9-13-17(16)23-18(20)21/h5-13H,3-4,14H2,1-2H3,(H,20,21). The van der Waals surface area contributed by atoms with E-state index < -0.39 is 11.8 Å². The monoisotopic (exact) mass is 314 g/mol. The summed E-state index contributed by atoms with van der Waals surface area (Å²) in [5, 5.41) is 8.98. The molecule has 0 aliphatic carbocycles. The van der Waals surface area contributed by atoms with E-state index in [0.717, 1.165) is 18.4 Å². The second-order valence-electron chi connectivity index (χ2n) is 5.47. The van der Waals surface area contributed by atoms with Gasteiger partial charge in [-0.1, -0.05) is 61.9 Å². The van der Waals surface area contributed by atoms with Crippen molar-refractivity contribution >= 4 is 6.16 Å². The molecule has 0 bridgehead atoms. The van der Waals surface area contributed by atoms with Crippen molar-refractivity contribution in [3.8, 4) is 5.75 Å². The average molecular weight is 314 g/mol. The summed E-state index contributed by atoms with van der Waals surface area (Å²) in [7, 11) is 0. The molecule has 0 aliphatic heterocycles. The lowest BCUT2D eigenvalue weighted by molar-refractivity contribution is -0.00707. The fourth-order valence-corrected chi connectivity index (χ4v) is 2.54. The first-order valence-electron chi connectivity index (χ1n) is 7.77. The zero-order valence-corrected chi connectivity index (χ0v) is 13.5. The quantitative estimate of drug-likeness (QED) is 0.452. The molecule has 0 saturated heterocycles. The summed E-state index contributed by atoms with van der Waals surface area (Å²) in [5.74, 6) is 0.294. The van der Waals surface area contributed by atoms with Crippen LogP contribution in [0.5, 0.6) is 5.75 Å². The summed E-state index contributed by atoms with van der Waals surface area (Å²) in [5.41, 5.74) is 0.880. The van der Waals surface area contributed by atoms with Crippen molar-refractivity contribution in [2.75, 3.05) is 6.61 Å². The molecular weight excluding hydrogens is 292 g/mol. The maximum Gasteiger partial charge on any atom is 0.511 e. The summed E-state index contributed by atoms with van der Waals surface area (Å²) in [4.78, 5) is 11.0. The van der Waals surface area contributed by atoms with E-state index >= 15 is 0 Å². The van der Waals surface area contributed by atoms with Gasteiger partial charge in [0.25, 0.3) is 0 Å². The molecule has 1 unspecified atom stereocenters. The number of benzene rings is 2. The predicted octanol–water partition coefficient (Wildman–Crippen LogP) is 4.82.